The van der Waals surface area contributed by atoms with Gasteiger partial charge in [0, 0.05) is 23.9 Å². The molecule has 0 aromatic heterocycles. The van der Waals surface area contributed by atoms with Crippen molar-refractivity contribution in [3.8, 4) is 0 Å². The molecule has 0 heterocycles. The quantitative estimate of drug-likeness (QED) is 0.501. The van der Waals surface area contributed by atoms with E-state index in [-0.39, 0.29) is 11.7 Å². The Kier molecular flexibility index (Phi) is 4.52. The number of nitro groups is 1. The van der Waals surface area contributed by atoms with Gasteiger partial charge in [0.1, 0.15) is 0 Å². The summed E-state index contributed by atoms with van der Waals surface area (Å²) in [6.07, 6.45) is -2.59. The average Bonchev–Trinajstić information content (AvgIpc) is 2.27. The van der Waals surface area contributed by atoms with Crippen molar-refractivity contribution >= 4 is 11.4 Å². The molecule has 1 N–H and O–H groups in total. The molecule has 0 spiro atoms. The normalized spacial score (nSPS) is 12.8. The standard InChI is InChI=1S/C12H13F3N2O2/c1-3-4-8(2)16-11-6-5-9(17(18)19)7-10(11)12(13,14)15/h3,5-8,16H,1,4H2,2H3. The van der Waals surface area contributed by atoms with Gasteiger partial charge in [0.25, 0.3) is 5.69 Å². The van der Waals surface area contributed by atoms with E-state index >= 15 is 0 Å². The third-order valence-electron chi connectivity index (χ3n) is 2.44. The number of anilines is 1. The van der Waals surface area contributed by atoms with Crippen molar-refractivity contribution in [2.24, 2.45) is 0 Å². The first-order chi connectivity index (χ1) is 8.75. The maximum atomic E-state index is 12.8. The van der Waals surface area contributed by atoms with Crippen molar-refractivity contribution in [3.63, 3.8) is 0 Å². The highest BCUT2D eigenvalue weighted by molar-refractivity contribution is 5.57. The fraction of sp³-hybridized carbons (Fsp3) is 0.333. The number of hydrogen-bond acceptors (Lipinski definition) is 3. The maximum Gasteiger partial charge on any atom is 0.418 e. The van der Waals surface area contributed by atoms with Gasteiger partial charge in [-0.3, -0.25) is 10.1 Å². The second kappa shape index (κ2) is 5.73. The van der Waals surface area contributed by atoms with Crippen LogP contribution >= 0.6 is 0 Å². The number of non-ortho nitro benzene ring substituents is 1. The lowest BCUT2D eigenvalue weighted by Crippen LogP contribution is -2.18. The van der Waals surface area contributed by atoms with Gasteiger partial charge in [0.2, 0.25) is 0 Å². The van der Waals surface area contributed by atoms with Crippen LogP contribution in [0.3, 0.4) is 0 Å². The van der Waals surface area contributed by atoms with Gasteiger partial charge >= 0.3 is 6.18 Å². The van der Waals surface area contributed by atoms with Crippen LogP contribution in [0.15, 0.2) is 30.9 Å². The molecule has 0 radical (unpaired) electrons. The molecule has 0 saturated carbocycles. The third kappa shape index (κ3) is 3.97. The van der Waals surface area contributed by atoms with Gasteiger partial charge in [-0.1, -0.05) is 6.08 Å². The van der Waals surface area contributed by atoms with Crippen LogP contribution in [0, 0.1) is 10.1 Å². The van der Waals surface area contributed by atoms with E-state index < -0.39 is 22.4 Å². The van der Waals surface area contributed by atoms with E-state index in [4.69, 9.17) is 0 Å². The molecule has 0 amide bonds. The first-order valence-corrected chi connectivity index (χ1v) is 5.48. The minimum Gasteiger partial charge on any atom is -0.382 e. The smallest absolute Gasteiger partial charge is 0.382 e. The van der Waals surface area contributed by atoms with Gasteiger partial charge in [0.05, 0.1) is 10.5 Å². The van der Waals surface area contributed by atoms with E-state index in [1.165, 1.54) is 0 Å². The fourth-order valence-corrected chi connectivity index (χ4v) is 1.58. The lowest BCUT2D eigenvalue weighted by Gasteiger charge is -2.18. The highest BCUT2D eigenvalue weighted by atomic mass is 19.4. The van der Waals surface area contributed by atoms with E-state index in [2.05, 4.69) is 11.9 Å². The van der Waals surface area contributed by atoms with Crippen molar-refractivity contribution in [1.82, 2.24) is 0 Å². The number of nitro benzene ring substituents is 1. The molecule has 1 rings (SSSR count). The van der Waals surface area contributed by atoms with Crippen molar-refractivity contribution < 1.29 is 18.1 Å². The highest BCUT2D eigenvalue weighted by Crippen LogP contribution is 2.37. The van der Waals surface area contributed by atoms with Gasteiger partial charge in [0.15, 0.2) is 0 Å². The predicted octanol–water partition coefficient (Wildman–Crippen LogP) is 3.99. The number of benzene rings is 1. The van der Waals surface area contributed by atoms with E-state index in [1.807, 2.05) is 0 Å². The molecule has 1 atom stereocenters. The lowest BCUT2D eigenvalue weighted by atomic mass is 10.1. The lowest BCUT2D eigenvalue weighted by molar-refractivity contribution is -0.385. The van der Waals surface area contributed by atoms with Crippen molar-refractivity contribution in [3.05, 3.63) is 46.5 Å². The summed E-state index contributed by atoms with van der Waals surface area (Å²) in [7, 11) is 0. The topological polar surface area (TPSA) is 55.2 Å². The Balaban J connectivity index is 3.16. The van der Waals surface area contributed by atoms with Crippen LogP contribution in [0.4, 0.5) is 24.5 Å². The van der Waals surface area contributed by atoms with E-state index in [0.29, 0.717) is 12.5 Å². The largest absolute Gasteiger partial charge is 0.418 e. The monoisotopic (exact) mass is 274 g/mol. The summed E-state index contributed by atoms with van der Waals surface area (Å²) in [5.74, 6) is 0. The van der Waals surface area contributed by atoms with Crippen molar-refractivity contribution in [2.45, 2.75) is 25.6 Å². The molecule has 1 aromatic carbocycles. The molecular weight excluding hydrogens is 261 g/mol. The molecular formula is C12H13F3N2O2. The third-order valence-corrected chi connectivity index (χ3v) is 2.44. The number of hydrogen-bond donors (Lipinski definition) is 1. The van der Waals surface area contributed by atoms with Gasteiger partial charge in [-0.25, -0.2) is 0 Å². The second-order valence-corrected chi connectivity index (χ2v) is 4.05. The van der Waals surface area contributed by atoms with Crippen LogP contribution < -0.4 is 5.32 Å². The summed E-state index contributed by atoms with van der Waals surface area (Å²) in [6.45, 7) is 5.20. The molecule has 7 heteroatoms. The van der Waals surface area contributed by atoms with Crippen LogP contribution in [0.25, 0.3) is 0 Å². The zero-order valence-electron chi connectivity index (χ0n) is 10.2. The molecule has 0 aliphatic rings. The molecule has 0 aliphatic heterocycles. The van der Waals surface area contributed by atoms with Gasteiger partial charge in [-0.05, 0) is 19.4 Å². The van der Waals surface area contributed by atoms with E-state index in [0.717, 1.165) is 12.1 Å². The Morgan fingerprint density at radius 1 is 1.53 bits per heavy atom. The molecule has 0 bridgehead atoms. The molecule has 1 aromatic rings. The maximum absolute atomic E-state index is 12.8. The first-order valence-electron chi connectivity index (χ1n) is 5.48. The second-order valence-electron chi connectivity index (χ2n) is 4.05. The SMILES string of the molecule is C=CCC(C)Nc1ccc([N+](=O)[O-])cc1C(F)(F)F. The number of halogens is 3. The number of nitrogens with one attached hydrogen (secondary N) is 1. The molecule has 19 heavy (non-hydrogen) atoms. The molecule has 1 unspecified atom stereocenters. The molecule has 4 nitrogen and oxygen atoms in total. The predicted molar refractivity (Wildman–Crippen MR) is 66.0 cm³/mol. The summed E-state index contributed by atoms with van der Waals surface area (Å²) >= 11 is 0. The van der Waals surface area contributed by atoms with Crippen LogP contribution in [0.5, 0.6) is 0 Å². The van der Waals surface area contributed by atoms with Crippen LogP contribution in [-0.2, 0) is 6.18 Å². The Morgan fingerprint density at radius 3 is 2.63 bits per heavy atom. The van der Waals surface area contributed by atoms with Gasteiger partial charge in [-0.15, -0.1) is 6.58 Å². The number of alkyl halides is 3. The van der Waals surface area contributed by atoms with E-state index in [9.17, 15) is 23.3 Å². The highest BCUT2D eigenvalue weighted by Gasteiger charge is 2.35. The zero-order valence-corrected chi connectivity index (χ0v) is 10.2. The van der Waals surface area contributed by atoms with Crippen molar-refractivity contribution in [2.75, 3.05) is 5.32 Å². The molecule has 0 aliphatic carbocycles. The molecule has 0 saturated heterocycles. The summed E-state index contributed by atoms with van der Waals surface area (Å²) in [5.41, 5.74) is -1.81. The summed E-state index contributed by atoms with van der Waals surface area (Å²) in [6, 6.07) is 2.39. The fourth-order valence-electron chi connectivity index (χ4n) is 1.58. The van der Waals surface area contributed by atoms with Crippen LogP contribution in [0.1, 0.15) is 18.9 Å². The molecule has 0 fully saturated rings. The Bertz CT molecular complexity index is 486. The summed E-state index contributed by atoms with van der Waals surface area (Å²) in [4.78, 5) is 9.67. The summed E-state index contributed by atoms with van der Waals surface area (Å²) < 4.78 is 38.5. The zero-order chi connectivity index (χ0) is 14.6. The summed E-state index contributed by atoms with van der Waals surface area (Å²) in [5, 5.41) is 13.2. The molecule has 104 valence electrons. The number of nitrogens with zero attached hydrogens (tertiary/aromatic N) is 1. The van der Waals surface area contributed by atoms with E-state index in [1.54, 1.807) is 13.0 Å². The minimum absolute atomic E-state index is 0.174. The minimum atomic E-state index is -4.65. The van der Waals surface area contributed by atoms with Gasteiger partial charge in [-0.2, -0.15) is 13.2 Å². The van der Waals surface area contributed by atoms with Crippen molar-refractivity contribution in [1.29, 1.82) is 0 Å². The first kappa shape index (κ1) is 15.0. The van der Waals surface area contributed by atoms with Gasteiger partial charge < -0.3 is 5.32 Å². The van der Waals surface area contributed by atoms with Crippen LogP contribution in [0.2, 0.25) is 0 Å². The van der Waals surface area contributed by atoms with Crippen LogP contribution in [-0.4, -0.2) is 11.0 Å². The Labute approximate surface area is 108 Å². The average molecular weight is 274 g/mol. The number of rotatable bonds is 5. The Morgan fingerprint density at radius 2 is 2.16 bits per heavy atom. The Hall–Kier alpha value is -2.05.